The maximum absolute atomic E-state index is 3.81. The topological polar surface area (TPSA) is 24.4 Å². The molecule has 0 radical (unpaired) electrons. The van der Waals surface area contributed by atoms with Crippen molar-refractivity contribution in [2.75, 3.05) is 7.05 Å². The molecule has 2 heteroatoms. The standard InChI is InChI=1S/C8H16N2/c1-7(2)5-8(3)10-6-9-4/h5-7H,1-4H3,(H,9,10)/b8-5-. The molecule has 0 atom stereocenters. The SMILES string of the molecule is CN=CN/C(C)=C\C(C)C. The molecule has 0 spiro atoms. The first kappa shape index (κ1) is 9.21. The molecule has 0 saturated carbocycles. The van der Waals surface area contributed by atoms with Crippen LogP contribution in [0.2, 0.25) is 0 Å². The zero-order valence-corrected chi connectivity index (χ0v) is 7.18. The molecule has 0 aliphatic heterocycles. The van der Waals surface area contributed by atoms with E-state index in [1.54, 1.807) is 13.4 Å². The van der Waals surface area contributed by atoms with Gasteiger partial charge in [-0.3, -0.25) is 4.99 Å². The molecule has 0 rings (SSSR count). The van der Waals surface area contributed by atoms with E-state index in [1.807, 2.05) is 6.92 Å². The zero-order valence-electron chi connectivity index (χ0n) is 7.18. The third-order valence-corrected chi connectivity index (χ3v) is 1.00. The fourth-order valence-electron chi connectivity index (χ4n) is 0.714. The third kappa shape index (κ3) is 5.35. The summed E-state index contributed by atoms with van der Waals surface area (Å²) < 4.78 is 0. The Morgan fingerprint density at radius 1 is 1.50 bits per heavy atom. The average Bonchev–Trinajstić information content (AvgIpc) is 1.82. The largest absolute Gasteiger partial charge is 0.351 e. The van der Waals surface area contributed by atoms with Crippen LogP contribution in [0.15, 0.2) is 16.8 Å². The van der Waals surface area contributed by atoms with Crippen LogP contribution in [0.3, 0.4) is 0 Å². The van der Waals surface area contributed by atoms with Gasteiger partial charge in [0.25, 0.3) is 0 Å². The molecular weight excluding hydrogens is 124 g/mol. The van der Waals surface area contributed by atoms with E-state index in [-0.39, 0.29) is 0 Å². The van der Waals surface area contributed by atoms with E-state index in [0.717, 1.165) is 5.70 Å². The van der Waals surface area contributed by atoms with E-state index in [2.05, 4.69) is 30.2 Å². The number of hydrogen-bond donors (Lipinski definition) is 1. The highest BCUT2D eigenvalue weighted by atomic mass is 14.9. The van der Waals surface area contributed by atoms with Gasteiger partial charge in [-0.1, -0.05) is 19.9 Å². The van der Waals surface area contributed by atoms with Gasteiger partial charge in [-0.05, 0) is 12.8 Å². The van der Waals surface area contributed by atoms with Crippen LogP contribution in [-0.4, -0.2) is 13.4 Å². The minimum Gasteiger partial charge on any atom is -0.351 e. The molecule has 0 amide bonds. The normalized spacial score (nSPS) is 13.1. The summed E-state index contributed by atoms with van der Waals surface area (Å²) in [5.74, 6) is 0.595. The quantitative estimate of drug-likeness (QED) is 0.469. The highest BCUT2D eigenvalue weighted by Gasteiger charge is 1.87. The Morgan fingerprint density at radius 3 is 2.50 bits per heavy atom. The number of aliphatic imine (C=N–C) groups is 1. The molecule has 0 heterocycles. The Morgan fingerprint density at radius 2 is 2.10 bits per heavy atom. The van der Waals surface area contributed by atoms with Crippen LogP contribution in [0.25, 0.3) is 0 Å². The molecule has 1 N–H and O–H groups in total. The molecule has 0 aromatic rings. The van der Waals surface area contributed by atoms with Crippen molar-refractivity contribution in [1.29, 1.82) is 0 Å². The van der Waals surface area contributed by atoms with Gasteiger partial charge >= 0.3 is 0 Å². The summed E-state index contributed by atoms with van der Waals surface area (Å²) in [6.45, 7) is 6.32. The van der Waals surface area contributed by atoms with Crippen LogP contribution in [0.5, 0.6) is 0 Å². The van der Waals surface area contributed by atoms with Gasteiger partial charge in [-0.25, -0.2) is 0 Å². The highest BCUT2D eigenvalue weighted by molar-refractivity contribution is 5.56. The Kier molecular flexibility index (Phi) is 4.63. The Bertz CT molecular complexity index is 134. The molecule has 0 aromatic carbocycles. The Labute approximate surface area is 63.0 Å². The van der Waals surface area contributed by atoms with E-state index < -0.39 is 0 Å². The molecule has 0 aliphatic carbocycles. The summed E-state index contributed by atoms with van der Waals surface area (Å²) in [7, 11) is 1.75. The number of allylic oxidation sites excluding steroid dienone is 2. The smallest absolute Gasteiger partial charge is 0.0861 e. The number of nitrogens with zero attached hydrogens (tertiary/aromatic N) is 1. The van der Waals surface area contributed by atoms with Crippen LogP contribution in [-0.2, 0) is 0 Å². The van der Waals surface area contributed by atoms with Crippen molar-refractivity contribution in [3.63, 3.8) is 0 Å². The number of hydrogen-bond acceptors (Lipinski definition) is 1. The predicted molar refractivity (Wildman–Crippen MR) is 46.1 cm³/mol. The van der Waals surface area contributed by atoms with Gasteiger partial charge in [0.1, 0.15) is 0 Å². The fraction of sp³-hybridized carbons (Fsp3) is 0.625. The summed E-state index contributed by atoms with van der Waals surface area (Å²) >= 11 is 0. The van der Waals surface area contributed by atoms with Crippen molar-refractivity contribution in [3.05, 3.63) is 11.8 Å². The van der Waals surface area contributed by atoms with Crippen molar-refractivity contribution in [3.8, 4) is 0 Å². The molecule has 2 nitrogen and oxygen atoms in total. The Balaban J connectivity index is 3.71. The monoisotopic (exact) mass is 140 g/mol. The zero-order chi connectivity index (χ0) is 7.98. The van der Waals surface area contributed by atoms with Gasteiger partial charge in [-0.15, -0.1) is 0 Å². The van der Waals surface area contributed by atoms with Crippen molar-refractivity contribution < 1.29 is 0 Å². The van der Waals surface area contributed by atoms with E-state index in [1.165, 1.54) is 0 Å². The van der Waals surface area contributed by atoms with Gasteiger partial charge in [-0.2, -0.15) is 0 Å². The Hall–Kier alpha value is -0.790. The van der Waals surface area contributed by atoms with Crippen LogP contribution in [0.1, 0.15) is 20.8 Å². The maximum atomic E-state index is 3.81. The first-order valence-corrected chi connectivity index (χ1v) is 3.52. The van der Waals surface area contributed by atoms with Gasteiger partial charge < -0.3 is 5.32 Å². The lowest BCUT2D eigenvalue weighted by Gasteiger charge is -2.00. The van der Waals surface area contributed by atoms with Crippen molar-refractivity contribution in [2.45, 2.75) is 20.8 Å². The maximum Gasteiger partial charge on any atom is 0.0861 e. The van der Waals surface area contributed by atoms with Gasteiger partial charge in [0.15, 0.2) is 0 Å². The molecule has 0 unspecified atom stereocenters. The van der Waals surface area contributed by atoms with Gasteiger partial charge in [0.2, 0.25) is 0 Å². The molecule has 58 valence electrons. The van der Waals surface area contributed by atoms with E-state index in [9.17, 15) is 0 Å². The van der Waals surface area contributed by atoms with Crippen LogP contribution in [0.4, 0.5) is 0 Å². The number of rotatable bonds is 3. The third-order valence-electron chi connectivity index (χ3n) is 1.00. The summed E-state index contributed by atoms with van der Waals surface area (Å²) in [4.78, 5) is 3.81. The van der Waals surface area contributed by atoms with Crippen LogP contribution < -0.4 is 5.32 Å². The predicted octanol–water partition coefficient (Wildman–Crippen LogP) is 1.79. The highest BCUT2D eigenvalue weighted by Crippen LogP contribution is 1.96. The second kappa shape index (κ2) is 5.03. The van der Waals surface area contributed by atoms with Gasteiger partial charge in [0.05, 0.1) is 6.34 Å². The van der Waals surface area contributed by atoms with E-state index in [0.29, 0.717) is 5.92 Å². The summed E-state index contributed by atoms with van der Waals surface area (Å²) in [6.07, 6.45) is 3.84. The molecule has 0 aromatic heterocycles. The second-order valence-corrected chi connectivity index (χ2v) is 2.63. The molecular formula is C8H16N2. The van der Waals surface area contributed by atoms with Crippen LogP contribution >= 0.6 is 0 Å². The van der Waals surface area contributed by atoms with E-state index in [4.69, 9.17) is 0 Å². The molecule has 0 aliphatic rings. The van der Waals surface area contributed by atoms with Crippen LogP contribution in [0, 0.1) is 5.92 Å². The lowest BCUT2D eigenvalue weighted by atomic mass is 10.2. The molecule has 0 bridgehead atoms. The number of nitrogens with one attached hydrogen (secondary N) is 1. The lowest BCUT2D eigenvalue weighted by Crippen LogP contribution is -2.08. The lowest BCUT2D eigenvalue weighted by molar-refractivity contribution is 0.813. The average molecular weight is 140 g/mol. The molecule has 0 saturated heterocycles. The van der Waals surface area contributed by atoms with Crippen molar-refractivity contribution in [1.82, 2.24) is 5.32 Å². The summed E-state index contributed by atoms with van der Waals surface area (Å²) in [5, 5.41) is 3.03. The fourth-order valence-corrected chi connectivity index (χ4v) is 0.714. The van der Waals surface area contributed by atoms with Crippen molar-refractivity contribution in [2.24, 2.45) is 10.9 Å². The van der Waals surface area contributed by atoms with E-state index >= 15 is 0 Å². The van der Waals surface area contributed by atoms with Gasteiger partial charge in [0, 0.05) is 12.7 Å². The first-order valence-electron chi connectivity index (χ1n) is 3.52. The summed E-state index contributed by atoms with van der Waals surface area (Å²) in [5.41, 5.74) is 1.15. The molecule has 0 fully saturated rings. The van der Waals surface area contributed by atoms with Crippen molar-refractivity contribution >= 4 is 6.34 Å². The minimum absolute atomic E-state index is 0.595. The summed E-state index contributed by atoms with van der Waals surface area (Å²) in [6, 6.07) is 0. The minimum atomic E-state index is 0.595. The molecule has 10 heavy (non-hydrogen) atoms. The second-order valence-electron chi connectivity index (χ2n) is 2.63. The first-order chi connectivity index (χ1) is 4.66.